The van der Waals surface area contributed by atoms with E-state index >= 15 is 0 Å². The Hall–Kier alpha value is -3.87. The Morgan fingerprint density at radius 1 is 0.861 bits per heavy atom. The summed E-state index contributed by atoms with van der Waals surface area (Å²) in [4.78, 5) is 33.1. The van der Waals surface area contributed by atoms with Crippen LogP contribution in [0.1, 0.15) is 24.4 Å². The maximum atomic E-state index is 13.9. The molecule has 186 valence electrons. The number of nitrogens with zero attached hydrogens (tertiary/aromatic N) is 3. The number of carbonyl (C=O) groups is 2. The van der Waals surface area contributed by atoms with Crippen molar-refractivity contribution in [3.8, 4) is 5.75 Å². The number of piperidine rings is 1. The van der Waals surface area contributed by atoms with Gasteiger partial charge in [0, 0.05) is 44.0 Å². The van der Waals surface area contributed by atoms with Crippen LogP contribution < -0.4 is 14.5 Å². The van der Waals surface area contributed by atoms with Crippen LogP contribution in [0.3, 0.4) is 0 Å². The number of anilines is 2. The van der Waals surface area contributed by atoms with Gasteiger partial charge in [-0.2, -0.15) is 0 Å². The van der Waals surface area contributed by atoms with E-state index in [0.717, 1.165) is 24.3 Å². The maximum absolute atomic E-state index is 13.9. The molecule has 0 saturated carbocycles. The maximum Gasteiger partial charge on any atom is 0.228 e. The van der Waals surface area contributed by atoms with Gasteiger partial charge in [0.2, 0.25) is 11.8 Å². The lowest BCUT2D eigenvalue weighted by Crippen LogP contribution is -2.54. The molecule has 0 spiro atoms. The Labute approximate surface area is 210 Å². The number of methoxy groups -OCH3 is 1. The highest BCUT2D eigenvalue weighted by atomic mass is 19.1. The number of amides is 2. The zero-order valence-corrected chi connectivity index (χ0v) is 20.3. The zero-order valence-electron chi connectivity index (χ0n) is 20.3. The predicted octanol–water partition coefficient (Wildman–Crippen LogP) is 4.67. The van der Waals surface area contributed by atoms with E-state index in [9.17, 15) is 14.0 Å². The monoisotopic (exact) mass is 487 g/mol. The fourth-order valence-electron chi connectivity index (χ4n) is 5.30. The van der Waals surface area contributed by atoms with Crippen LogP contribution in [0.2, 0.25) is 0 Å². The van der Waals surface area contributed by atoms with Gasteiger partial charge in [-0.1, -0.05) is 30.3 Å². The molecule has 2 fully saturated rings. The van der Waals surface area contributed by atoms with E-state index in [0.29, 0.717) is 30.9 Å². The van der Waals surface area contributed by atoms with Crippen LogP contribution in [0.4, 0.5) is 15.8 Å². The number of ether oxygens (including phenoxy) is 1. The van der Waals surface area contributed by atoms with Crippen molar-refractivity contribution < 1.29 is 18.7 Å². The van der Waals surface area contributed by atoms with Crippen molar-refractivity contribution in [3.05, 3.63) is 90.2 Å². The number of rotatable bonds is 5. The molecule has 6 nitrogen and oxygen atoms in total. The minimum atomic E-state index is -0.514. The highest BCUT2D eigenvalue weighted by molar-refractivity contribution is 5.97. The first-order valence-electron chi connectivity index (χ1n) is 12.4. The van der Waals surface area contributed by atoms with E-state index in [1.165, 1.54) is 12.1 Å². The Bertz CT molecular complexity index is 1190. The smallest absolute Gasteiger partial charge is 0.228 e. The summed E-state index contributed by atoms with van der Waals surface area (Å²) in [6.07, 6.45) is 0.745. The molecule has 2 aliphatic heterocycles. The summed E-state index contributed by atoms with van der Waals surface area (Å²) in [5.41, 5.74) is 2.60. The summed E-state index contributed by atoms with van der Waals surface area (Å²) in [5.74, 6) is -0.0868. The molecule has 0 bridgehead atoms. The Balaban J connectivity index is 1.42. The Morgan fingerprint density at radius 2 is 1.53 bits per heavy atom. The highest BCUT2D eigenvalue weighted by Gasteiger charge is 2.43. The van der Waals surface area contributed by atoms with E-state index in [-0.39, 0.29) is 24.1 Å². The van der Waals surface area contributed by atoms with Crippen molar-refractivity contribution in [2.45, 2.75) is 18.9 Å². The van der Waals surface area contributed by atoms with E-state index in [2.05, 4.69) is 17.0 Å². The number of piperazine rings is 1. The van der Waals surface area contributed by atoms with Gasteiger partial charge in [-0.3, -0.25) is 9.59 Å². The molecule has 2 unspecified atom stereocenters. The second kappa shape index (κ2) is 10.4. The van der Waals surface area contributed by atoms with Crippen molar-refractivity contribution in [1.82, 2.24) is 4.90 Å². The molecule has 2 heterocycles. The number of halogens is 1. The van der Waals surface area contributed by atoms with E-state index < -0.39 is 12.0 Å². The number of benzene rings is 3. The fraction of sp³-hybridized carbons (Fsp3) is 0.310. The summed E-state index contributed by atoms with van der Waals surface area (Å²) in [5, 5.41) is 0. The van der Waals surface area contributed by atoms with Gasteiger partial charge in [0.25, 0.3) is 0 Å². The number of para-hydroxylation sites is 1. The first kappa shape index (κ1) is 23.9. The van der Waals surface area contributed by atoms with Gasteiger partial charge in [0.15, 0.2) is 0 Å². The first-order valence-corrected chi connectivity index (χ1v) is 12.4. The predicted molar refractivity (Wildman–Crippen MR) is 138 cm³/mol. The Kier molecular flexibility index (Phi) is 6.89. The first-order chi connectivity index (χ1) is 17.5. The topological polar surface area (TPSA) is 53.1 Å². The van der Waals surface area contributed by atoms with Crippen LogP contribution >= 0.6 is 0 Å². The van der Waals surface area contributed by atoms with Crippen LogP contribution in [-0.2, 0) is 9.59 Å². The third kappa shape index (κ3) is 4.78. The average molecular weight is 488 g/mol. The van der Waals surface area contributed by atoms with Crippen LogP contribution in [0.25, 0.3) is 0 Å². The van der Waals surface area contributed by atoms with Gasteiger partial charge in [-0.15, -0.1) is 0 Å². The number of hydrogen-bond acceptors (Lipinski definition) is 4. The standard InChI is InChI=1S/C29H30FN3O3/c1-36-25-13-11-24(12-14-25)33-27(34)16-15-26(28(33)21-7-9-22(30)10-8-21)29(35)32-19-17-31(18-20-32)23-5-3-2-4-6-23/h2-14,26,28H,15-20H2,1H3. The fourth-order valence-corrected chi connectivity index (χ4v) is 5.30. The summed E-state index contributed by atoms with van der Waals surface area (Å²) in [6.45, 7) is 2.75. The van der Waals surface area contributed by atoms with Gasteiger partial charge in [-0.05, 0) is 60.5 Å². The van der Waals surface area contributed by atoms with Crippen LogP contribution in [0, 0.1) is 11.7 Å². The SMILES string of the molecule is COc1ccc(N2C(=O)CCC(C(=O)N3CCN(c4ccccc4)CC3)C2c2ccc(F)cc2)cc1. The summed E-state index contributed by atoms with van der Waals surface area (Å²) < 4.78 is 19.1. The minimum absolute atomic E-state index is 0.0445. The molecule has 2 amide bonds. The molecule has 2 aliphatic rings. The lowest BCUT2D eigenvalue weighted by molar-refractivity contribution is -0.138. The van der Waals surface area contributed by atoms with Gasteiger partial charge < -0.3 is 19.4 Å². The minimum Gasteiger partial charge on any atom is -0.497 e. The van der Waals surface area contributed by atoms with Crippen LogP contribution in [0.5, 0.6) is 5.75 Å². The molecule has 36 heavy (non-hydrogen) atoms. The van der Waals surface area contributed by atoms with Crippen molar-refractivity contribution in [1.29, 1.82) is 0 Å². The second-order valence-corrected chi connectivity index (χ2v) is 9.25. The molecule has 0 aromatic heterocycles. The second-order valence-electron chi connectivity index (χ2n) is 9.25. The van der Waals surface area contributed by atoms with E-state index in [1.807, 2.05) is 35.2 Å². The molecular weight excluding hydrogens is 457 g/mol. The molecule has 0 N–H and O–H groups in total. The molecule has 0 radical (unpaired) electrons. The third-order valence-corrected chi connectivity index (χ3v) is 7.19. The van der Waals surface area contributed by atoms with Crippen molar-refractivity contribution in [2.24, 2.45) is 5.92 Å². The molecule has 5 rings (SSSR count). The van der Waals surface area contributed by atoms with E-state index in [1.54, 1.807) is 36.3 Å². The molecule has 7 heteroatoms. The van der Waals surface area contributed by atoms with Crippen molar-refractivity contribution >= 4 is 23.2 Å². The third-order valence-electron chi connectivity index (χ3n) is 7.19. The average Bonchev–Trinajstić information content (AvgIpc) is 2.94. The summed E-state index contributed by atoms with van der Waals surface area (Å²) >= 11 is 0. The number of hydrogen-bond donors (Lipinski definition) is 0. The molecular formula is C29H30FN3O3. The van der Waals surface area contributed by atoms with Gasteiger partial charge >= 0.3 is 0 Å². The molecule has 3 aromatic rings. The lowest BCUT2D eigenvalue weighted by atomic mass is 9.82. The Morgan fingerprint density at radius 3 is 2.17 bits per heavy atom. The normalized spacial score (nSPS) is 20.4. The number of carbonyl (C=O) groups excluding carboxylic acids is 2. The van der Waals surface area contributed by atoms with Crippen LogP contribution in [0.15, 0.2) is 78.9 Å². The summed E-state index contributed by atoms with van der Waals surface area (Å²) in [7, 11) is 1.59. The van der Waals surface area contributed by atoms with Crippen LogP contribution in [-0.4, -0.2) is 50.0 Å². The van der Waals surface area contributed by atoms with Crippen molar-refractivity contribution in [3.63, 3.8) is 0 Å². The molecule has 0 aliphatic carbocycles. The molecule has 3 aromatic carbocycles. The highest BCUT2D eigenvalue weighted by Crippen LogP contribution is 2.41. The quantitative estimate of drug-likeness (QED) is 0.525. The molecule has 2 saturated heterocycles. The van der Waals surface area contributed by atoms with Gasteiger partial charge in [0.1, 0.15) is 11.6 Å². The van der Waals surface area contributed by atoms with E-state index in [4.69, 9.17) is 4.74 Å². The zero-order chi connectivity index (χ0) is 25.1. The lowest BCUT2D eigenvalue weighted by Gasteiger charge is -2.44. The van der Waals surface area contributed by atoms with Gasteiger partial charge in [0.05, 0.1) is 19.1 Å². The van der Waals surface area contributed by atoms with Crippen molar-refractivity contribution in [2.75, 3.05) is 43.1 Å². The molecule has 2 atom stereocenters. The van der Waals surface area contributed by atoms with Gasteiger partial charge in [-0.25, -0.2) is 4.39 Å². The summed E-state index contributed by atoms with van der Waals surface area (Å²) in [6, 6.07) is 23.1. The largest absolute Gasteiger partial charge is 0.497 e.